The van der Waals surface area contributed by atoms with E-state index in [0.29, 0.717) is 6.42 Å². The fourth-order valence-electron chi connectivity index (χ4n) is 4.47. The first-order valence-electron chi connectivity index (χ1n) is 9.54. The molecule has 1 heterocycles. The minimum absolute atomic E-state index is 0. The topological polar surface area (TPSA) is 67.6 Å². The molecule has 3 rings (SSSR count). The largest absolute Gasteiger partial charge is 0.379 e. The van der Waals surface area contributed by atoms with Gasteiger partial charge in [0.25, 0.3) is 0 Å². The molecule has 27 heavy (non-hydrogen) atoms. The molecule has 1 amide bonds. The van der Waals surface area contributed by atoms with Gasteiger partial charge in [0.05, 0.1) is 13.2 Å². The summed E-state index contributed by atoms with van der Waals surface area (Å²) in [5.41, 5.74) is 7.30. The van der Waals surface area contributed by atoms with Crippen LogP contribution in [-0.4, -0.2) is 48.7 Å². The molecule has 2 fully saturated rings. The molecule has 154 valence electrons. The Morgan fingerprint density at radius 2 is 1.78 bits per heavy atom. The monoisotopic (exact) mass is 417 g/mol. The number of nitrogens with one attached hydrogen (secondary N) is 1. The molecular weight excluding hydrogens is 385 g/mol. The molecule has 2 unspecified atom stereocenters. The van der Waals surface area contributed by atoms with E-state index in [1.165, 1.54) is 12.8 Å². The predicted molar refractivity (Wildman–Crippen MR) is 114 cm³/mol. The summed E-state index contributed by atoms with van der Waals surface area (Å²) in [4.78, 5) is 15.1. The van der Waals surface area contributed by atoms with Gasteiger partial charge in [-0.15, -0.1) is 24.8 Å². The van der Waals surface area contributed by atoms with E-state index in [1.54, 1.807) is 0 Å². The van der Waals surface area contributed by atoms with Crippen LogP contribution in [0.3, 0.4) is 0 Å². The smallest absolute Gasteiger partial charge is 0.222 e. The van der Waals surface area contributed by atoms with Crippen LogP contribution in [0, 0.1) is 0 Å². The van der Waals surface area contributed by atoms with Crippen LogP contribution in [0.5, 0.6) is 0 Å². The van der Waals surface area contributed by atoms with Crippen LogP contribution < -0.4 is 11.1 Å². The van der Waals surface area contributed by atoms with Crippen molar-refractivity contribution in [3.8, 4) is 0 Å². The Kier molecular flexibility index (Phi) is 10.1. The first-order valence-corrected chi connectivity index (χ1v) is 9.54. The summed E-state index contributed by atoms with van der Waals surface area (Å²) in [6.45, 7) is 5.67. The van der Waals surface area contributed by atoms with Crippen LogP contribution in [0.4, 0.5) is 0 Å². The van der Waals surface area contributed by atoms with E-state index in [1.807, 2.05) is 30.3 Å². The maximum Gasteiger partial charge on any atom is 0.222 e. The summed E-state index contributed by atoms with van der Waals surface area (Å²) >= 11 is 0. The van der Waals surface area contributed by atoms with Crippen LogP contribution in [0.1, 0.15) is 50.6 Å². The normalized spacial score (nSPS) is 21.4. The number of carbonyl (C=O) groups is 1. The second-order valence-electron chi connectivity index (χ2n) is 7.42. The number of benzene rings is 1. The van der Waals surface area contributed by atoms with Gasteiger partial charge in [-0.25, -0.2) is 0 Å². The van der Waals surface area contributed by atoms with Gasteiger partial charge in [-0.3, -0.25) is 9.69 Å². The molecule has 2 atom stereocenters. The average molecular weight is 418 g/mol. The zero-order chi connectivity index (χ0) is 17.7. The van der Waals surface area contributed by atoms with E-state index in [0.717, 1.165) is 44.7 Å². The van der Waals surface area contributed by atoms with Crippen LogP contribution in [0.25, 0.3) is 0 Å². The highest BCUT2D eigenvalue weighted by molar-refractivity contribution is 5.85. The molecule has 1 aliphatic heterocycles. The summed E-state index contributed by atoms with van der Waals surface area (Å²) in [5.74, 6) is 0.0448. The molecule has 1 saturated heterocycles. The molecule has 3 N–H and O–H groups in total. The van der Waals surface area contributed by atoms with Gasteiger partial charge < -0.3 is 15.8 Å². The standard InChI is InChI=1S/C20H31N3O2.2ClH/c1-16(20(9-5-6-10-20)23-11-13-25-14-12-23)22-19(24)15-18(21)17-7-3-2-4-8-17;;/h2-4,7-8,16,18H,5-6,9-15,21H2,1H3,(H,22,24);2*1H. The summed E-state index contributed by atoms with van der Waals surface area (Å²) < 4.78 is 5.52. The van der Waals surface area contributed by atoms with E-state index >= 15 is 0 Å². The van der Waals surface area contributed by atoms with Gasteiger partial charge in [0.15, 0.2) is 0 Å². The second kappa shape index (κ2) is 11.2. The summed E-state index contributed by atoms with van der Waals surface area (Å²) in [6.07, 6.45) is 5.11. The maximum absolute atomic E-state index is 12.6. The number of amides is 1. The van der Waals surface area contributed by atoms with Gasteiger partial charge in [0.2, 0.25) is 5.91 Å². The second-order valence-corrected chi connectivity index (χ2v) is 7.42. The lowest BCUT2D eigenvalue weighted by molar-refractivity contribution is -0.123. The average Bonchev–Trinajstić information content (AvgIpc) is 3.14. The number of nitrogens with two attached hydrogens (primary N) is 1. The Balaban J connectivity index is 0.00000182. The van der Waals surface area contributed by atoms with Gasteiger partial charge in [-0.2, -0.15) is 0 Å². The number of morpholine rings is 1. The summed E-state index contributed by atoms with van der Waals surface area (Å²) in [6, 6.07) is 9.72. The zero-order valence-electron chi connectivity index (χ0n) is 16.1. The van der Waals surface area contributed by atoms with Gasteiger partial charge in [-0.1, -0.05) is 43.2 Å². The Labute approximate surface area is 175 Å². The van der Waals surface area contributed by atoms with Crippen molar-refractivity contribution < 1.29 is 9.53 Å². The van der Waals surface area contributed by atoms with Gasteiger partial charge >= 0.3 is 0 Å². The molecule has 2 aliphatic rings. The number of halogens is 2. The van der Waals surface area contributed by atoms with E-state index in [9.17, 15) is 4.79 Å². The lowest BCUT2D eigenvalue weighted by Crippen LogP contribution is -2.62. The lowest BCUT2D eigenvalue weighted by Gasteiger charge is -2.47. The Morgan fingerprint density at radius 3 is 2.37 bits per heavy atom. The molecule has 0 aromatic heterocycles. The van der Waals surface area contributed by atoms with E-state index in [-0.39, 0.29) is 48.3 Å². The fourth-order valence-corrected chi connectivity index (χ4v) is 4.47. The van der Waals surface area contributed by atoms with Gasteiger partial charge in [-0.05, 0) is 25.3 Å². The Morgan fingerprint density at radius 1 is 1.19 bits per heavy atom. The number of hydrogen-bond donors (Lipinski definition) is 2. The SMILES string of the molecule is CC(NC(=O)CC(N)c1ccccc1)C1(N2CCOCC2)CCCC1.Cl.Cl. The van der Waals surface area contributed by atoms with E-state index in [2.05, 4.69) is 17.1 Å². The van der Waals surface area contributed by atoms with Crippen molar-refractivity contribution in [3.05, 3.63) is 35.9 Å². The summed E-state index contributed by atoms with van der Waals surface area (Å²) in [7, 11) is 0. The van der Waals surface area contributed by atoms with Crippen molar-refractivity contribution in [1.82, 2.24) is 10.2 Å². The molecule has 1 aromatic rings. The fraction of sp³-hybridized carbons (Fsp3) is 0.650. The zero-order valence-corrected chi connectivity index (χ0v) is 17.7. The third-order valence-electron chi connectivity index (χ3n) is 5.93. The molecule has 1 aliphatic carbocycles. The van der Waals surface area contributed by atoms with Crippen molar-refractivity contribution in [1.29, 1.82) is 0 Å². The number of carbonyl (C=O) groups excluding carboxylic acids is 1. The van der Waals surface area contributed by atoms with E-state index in [4.69, 9.17) is 10.5 Å². The molecule has 7 heteroatoms. The lowest BCUT2D eigenvalue weighted by atomic mass is 9.86. The number of nitrogens with zero attached hydrogens (tertiary/aromatic N) is 1. The van der Waals surface area contributed by atoms with Crippen LogP contribution >= 0.6 is 24.8 Å². The van der Waals surface area contributed by atoms with Crippen molar-refractivity contribution in [2.24, 2.45) is 5.73 Å². The van der Waals surface area contributed by atoms with Crippen molar-refractivity contribution in [2.75, 3.05) is 26.3 Å². The molecule has 1 saturated carbocycles. The van der Waals surface area contributed by atoms with Crippen LogP contribution in [0.15, 0.2) is 30.3 Å². The van der Waals surface area contributed by atoms with Crippen molar-refractivity contribution in [2.45, 2.75) is 56.7 Å². The highest BCUT2D eigenvalue weighted by Gasteiger charge is 2.44. The van der Waals surface area contributed by atoms with Crippen LogP contribution in [0.2, 0.25) is 0 Å². The van der Waals surface area contributed by atoms with Gasteiger partial charge in [0, 0.05) is 37.1 Å². The Hall–Kier alpha value is -0.850. The molecule has 0 bridgehead atoms. The minimum Gasteiger partial charge on any atom is -0.379 e. The highest BCUT2D eigenvalue weighted by atomic mass is 35.5. The molecular formula is C20H33Cl2N3O2. The first kappa shape index (κ1) is 24.2. The Bertz CT molecular complexity index is 562. The third kappa shape index (κ3) is 5.81. The quantitative estimate of drug-likeness (QED) is 0.745. The highest BCUT2D eigenvalue weighted by Crippen LogP contribution is 2.38. The minimum atomic E-state index is -0.253. The molecule has 0 spiro atoms. The predicted octanol–water partition coefficient (Wildman–Crippen LogP) is 3.07. The third-order valence-corrected chi connectivity index (χ3v) is 5.93. The van der Waals surface area contributed by atoms with Crippen molar-refractivity contribution in [3.63, 3.8) is 0 Å². The summed E-state index contributed by atoms with van der Waals surface area (Å²) in [5, 5.41) is 3.26. The molecule has 5 nitrogen and oxygen atoms in total. The first-order chi connectivity index (χ1) is 12.1. The number of rotatable bonds is 6. The molecule has 0 radical (unpaired) electrons. The number of hydrogen-bond acceptors (Lipinski definition) is 4. The van der Waals surface area contributed by atoms with Crippen LogP contribution in [-0.2, 0) is 9.53 Å². The van der Waals surface area contributed by atoms with Gasteiger partial charge in [0.1, 0.15) is 0 Å². The molecule has 1 aromatic carbocycles. The number of ether oxygens (including phenoxy) is 1. The van der Waals surface area contributed by atoms with Crippen molar-refractivity contribution >= 4 is 30.7 Å². The van der Waals surface area contributed by atoms with E-state index < -0.39 is 0 Å². The maximum atomic E-state index is 12.6.